The van der Waals surface area contributed by atoms with Gasteiger partial charge in [0.05, 0.1) is 29.7 Å². The fraction of sp³-hybridized carbons (Fsp3) is 0.150. The summed E-state index contributed by atoms with van der Waals surface area (Å²) in [5.74, 6) is -0.630. The van der Waals surface area contributed by atoms with Crippen LogP contribution in [-0.4, -0.2) is 29.1 Å². The van der Waals surface area contributed by atoms with Gasteiger partial charge in [0.1, 0.15) is 11.6 Å². The average molecular weight is 402 g/mol. The first-order valence-electron chi connectivity index (χ1n) is 8.42. The Hall–Kier alpha value is -3.19. The van der Waals surface area contributed by atoms with Crippen molar-refractivity contribution in [3.63, 3.8) is 0 Å². The number of halogens is 2. The molecule has 0 fully saturated rings. The van der Waals surface area contributed by atoms with Gasteiger partial charge in [-0.15, -0.1) is 0 Å². The molecule has 0 atom stereocenters. The van der Waals surface area contributed by atoms with Crippen molar-refractivity contribution in [1.29, 1.82) is 0 Å². The van der Waals surface area contributed by atoms with Gasteiger partial charge in [0.25, 0.3) is 11.5 Å². The molecule has 0 saturated carbocycles. The molecule has 0 radical (unpaired) electrons. The summed E-state index contributed by atoms with van der Waals surface area (Å²) in [6.45, 7) is 0.305. The molecule has 0 aliphatic heterocycles. The lowest BCUT2D eigenvalue weighted by Crippen LogP contribution is -2.31. The second kappa shape index (κ2) is 8.67. The second-order valence-corrected chi connectivity index (χ2v) is 6.29. The maximum absolute atomic E-state index is 13.8. The van der Waals surface area contributed by atoms with E-state index in [1.165, 1.54) is 29.1 Å². The van der Waals surface area contributed by atoms with Gasteiger partial charge in [-0.25, -0.2) is 9.37 Å². The second-order valence-electron chi connectivity index (χ2n) is 5.89. The highest BCUT2D eigenvalue weighted by Crippen LogP contribution is 2.19. The number of hydrogen-bond donors (Lipinski definition) is 1. The lowest BCUT2D eigenvalue weighted by molar-refractivity contribution is 0.0948. The molecule has 1 N–H and O–H groups in total. The Morgan fingerprint density at radius 3 is 2.64 bits per heavy atom. The van der Waals surface area contributed by atoms with Crippen LogP contribution in [0.1, 0.15) is 10.4 Å². The van der Waals surface area contributed by atoms with E-state index in [4.69, 9.17) is 16.3 Å². The van der Waals surface area contributed by atoms with Crippen molar-refractivity contribution in [1.82, 2.24) is 14.9 Å². The van der Waals surface area contributed by atoms with Crippen LogP contribution in [0.5, 0.6) is 5.75 Å². The van der Waals surface area contributed by atoms with Crippen molar-refractivity contribution in [2.24, 2.45) is 0 Å². The van der Waals surface area contributed by atoms with E-state index in [-0.39, 0.29) is 29.2 Å². The third-order valence-electron chi connectivity index (χ3n) is 4.09. The normalized spacial score (nSPS) is 10.5. The van der Waals surface area contributed by atoms with Crippen molar-refractivity contribution in [3.05, 3.63) is 81.6 Å². The van der Waals surface area contributed by atoms with Crippen molar-refractivity contribution in [2.45, 2.75) is 6.54 Å². The molecule has 1 aromatic heterocycles. The van der Waals surface area contributed by atoms with E-state index in [0.29, 0.717) is 11.4 Å². The summed E-state index contributed by atoms with van der Waals surface area (Å²) in [6, 6.07) is 12.6. The maximum Gasteiger partial charge on any atom is 0.255 e. The lowest BCUT2D eigenvalue weighted by atomic mass is 10.1. The first kappa shape index (κ1) is 19.6. The number of carbonyl (C=O) groups excluding carboxylic acids is 1. The highest BCUT2D eigenvalue weighted by atomic mass is 35.5. The molecule has 144 valence electrons. The first-order chi connectivity index (χ1) is 13.5. The molecule has 28 heavy (non-hydrogen) atoms. The molecule has 1 amide bonds. The minimum atomic E-state index is -0.701. The number of ether oxygens (including phenoxy) is 1. The molecule has 0 spiro atoms. The predicted octanol–water partition coefficient (Wildman–Crippen LogP) is 3.14. The Morgan fingerprint density at radius 1 is 1.25 bits per heavy atom. The van der Waals surface area contributed by atoms with Gasteiger partial charge in [-0.2, -0.15) is 0 Å². The predicted molar refractivity (Wildman–Crippen MR) is 104 cm³/mol. The number of aromatic nitrogens is 2. The van der Waals surface area contributed by atoms with E-state index < -0.39 is 11.7 Å². The molecule has 8 heteroatoms. The summed E-state index contributed by atoms with van der Waals surface area (Å²) in [5, 5.41) is 2.58. The first-order valence-corrected chi connectivity index (χ1v) is 8.80. The Kier molecular flexibility index (Phi) is 6.06. The summed E-state index contributed by atoms with van der Waals surface area (Å²) in [5.41, 5.74) is 0.835. The summed E-state index contributed by atoms with van der Waals surface area (Å²) >= 11 is 5.87. The summed E-state index contributed by atoms with van der Waals surface area (Å²) in [7, 11) is 1.58. The van der Waals surface area contributed by atoms with Crippen LogP contribution in [0.25, 0.3) is 11.3 Å². The molecule has 1 heterocycles. The molecule has 0 aliphatic rings. The largest absolute Gasteiger partial charge is 0.497 e. The van der Waals surface area contributed by atoms with Gasteiger partial charge in [0.2, 0.25) is 0 Å². The summed E-state index contributed by atoms with van der Waals surface area (Å²) in [6.07, 6.45) is 1.41. The van der Waals surface area contributed by atoms with Crippen LogP contribution in [0.3, 0.4) is 0 Å². The van der Waals surface area contributed by atoms with Gasteiger partial charge >= 0.3 is 0 Å². The number of amides is 1. The lowest BCUT2D eigenvalue weighted by Gasteiger charge is -2.10. The molecule has 0 saturated heterocycles. The van der Waals surface area contributed by atoms with E-state index in [1.807, 2.05) is 12.1 Å². The van der Waals surface area contributed by atoms with Crippen molar-refractivity contribution < 1.29 is 13.9 Å². The topological polar surface area (TPSA) is 73.2 Å². The average Bonchev–Trinajstić information content (AvgIpc) is 2.69. The fourth-order valence-electron chi connectivity index (χ4n) is 2.61. The van der Waals surface area contributed by atoms with Crippen LogP contribution in [0.4, 0.5) is 4.39 Å². The van der Waals surface area contributed by atoms with Gasteiger partial charge in [0, 0.05) is 24.7 Å². The molecule has 0 aliphatic carbocycles. The molecular weight excluding hydrogens is 385 g/mol. The standard InChI is InChI=1S/C20H17ClFN3O3/c1-28-14-7-5-13(6-8-14)17-11-18(26)25(12-24-17)10-9-23-20(27)19-15(21)3-2-4-16(19)22/h2-8,11-12H,9-10H2,1H3,(H,23,27). The van der Waals surface area contributed by atoms with Gasteiger partial charge in [-0.05, 0) is 36.4 Å². The van der Waals surface area contributed by atoms with Gasteiger partial charge in [-0.3, -0.25) is 14.2 Å². The highest BCUT2D eigenvalue weighted by molar-refractivity contribution is 6.33. The molecule has 6 nitrogen and oxygen atoms in total. The molecule has 0 unspecified atom stereocenters. The zero-order valence-electron chi connectivity index (χ0n) is 15.0. The minimum Gasteiger partial charge on any atom is -0.497 e. The van der Waals surface area contributed by atoms with Crippen LogP contribution in [0, 0.1) is 5.82 Å². The van der Waals surface area contributed by atoms with E-state index >= 15 is 0 Å². The fourth-order valence-corrected chi connectivity index (χ4v) is 2.86. The monoisotopic (exact) mass is 401 g/mol. The number of methoxy groups -OCH3 is 1. The third-order valence-corrected chi connectivity index (χ3v) is 4.41. The highest BCUT2D eigenvalue weighted by Gasteiger charge is 2.15. The Labute approximate surface area is 165 Å². The number of hydrogen-bond acceptors (Lipinski definition) is 4. The van der Waals surface area contributed by atoms with Gasteiger partial charge in [0.15, 0.2) is 0 Å². The van der Waals surface area contributed by atoms with E-state index in [9.17, 15) is 14.0 Å². The van der Waals surface area contributed by atoms with Crippen molar-refractivity contribution >= 4 is 17.5 Å². The Bertz CT molecular complexity index is 1030. The van der Waals surface area contributed by atoms with Crippen LogP contribution >= 0.6 is 11.6 Å². The van der Waals surface area contributed by atoms with Gasteiger partial charge in [-0.1, -0.05) is 17.7 Å². The molecule has 3 aromatic rings. The molecule has 3 rings (SSSR count). The van der Waals surface area contributed by atoms with E-state index in [0.717, 1.165) is 11.6 Å². The van der Waals surface area contributed by atoms with E-state index in [2.05, 4.69) is 10.3 Å². The Morgan fingerprint density at radius 2 is 2.00 bits per heavy atom. The number of nitrogens with zero attached hydrogens (tertiary/aromatic N) is 2. The number of carbonyl (C=O) groups is 1. The molecular formula is C20H17ClFN3O3. The zero-order chi connectivity index (χ0) is 20.1. The van der Waals surface area contributed by atoms with Crippen molar-refractivity contribution in [3.8, 4) is 17.0 Å². The molecule has 0 bridgehead atoms. The number of rotatable bonds is 6. The quantitative estimate of drug-likeness (QED) is 0.688. The number of benzene rings is 2. The van der Waals surface area contributed by atoms with Crippen LogP contribution in [0.2, 0.25) is 5.02 Å². The smallest absolute Gasteiger partial charge is 0.255 e. The van der Waals surface area contributed by atoms with E-state index in [1.54, 1.807) is 19.2 Å². The third kappa shape index (κ3) is 4.37. The summed E-state index contributed by atoms with van der Waals surface area (Å²) < 4.78 is 20.2. The van der Waals surface area contributed by atoms with Crippen LogP contribution in [-0.2, 0) is 6.54 Å². The summed E-state index contributed by atoms with van der Waals surface area (Å²) in [4.78, 5) is 28.7. The van der Waals surface area contributed by atoms with Crippen LogP contribution < -0.4 is 15.6 Å². The SMILES string of the molecule is COc1ccc(-c2cc(=O)n(CCNC(=O)c3c(F)cccc3Cl)cn2)cc1. The number of nitrogens with one attached hydrogen (secondary N) is 1. The molecule has 2 aromatic carbocycles. The van der Waals surface area contributed by atoms with Crippen LogP contribution in [0.15, 0.2) is 59.7 Å². The minimum absolute atomic E-state index is 0.0279. The van der Waals surface area contributed by atoms with Crippen molar-refractivity contribution in [2.75, 3.05) is 13.7 Å². The maximum atomic E-state index is 13.8. The van der Waals surface area contributed by atoms with Gasteiger partial charge < -0.3 is 10.1 Å². The zero-order valence-corrected chi connectivity index (χ0v) is 15.7. The Balaban J connectivity index is 1.65.